The van der Waals surface area contributed by atoms with Gasteiger partial charge in [-0.15, -0.1) is 0 Å². The average molecular weight is 280 g/mol. The molecule has 0 aliphatic rings. The molecule has 2 aromatic rings. The zero-order valence-corrected chi connectivity index (χ0v) is 9.96. The SMILES string of the molecule is O=C(O)c1cccc(Br)c1.c1ccncc1. The van der Waals surface area contributed by atoms with Crippen LogP contribution in [0.5, 0.6) is 0 Å². The summed E-state index contributed by atoms with van der Waals surface area (Å²) in [6, 6.07) is 12.3. The van der Waals surface area contributed by atoms with E-state index in [9.17, 15) is 4.79 Å². The van der Waals surface area contributed by atoms with Crippen LogP contribution in [0.2, 0.25) is 0 Å². The second-order valence-corrected chi connectivity index (χ2v) is 3.76. The molecule has 0 radical (unpaired) electrons. The van der Waals surface area contributed by atoms with Crippen molar-refractivity contribution in [1.82, 2.24) is 4.98 Å². The molecule has 0 spiro atoms. The van der Waals surface area contributed by atoms with Crippen LogP contribution in [0.3, 0.4) is 0 Å². The maximum Gasteiger partial charge on any atom is 0.335 e. The number of carbonyl (C=O) groups is 1. The van der Waals surface area contributed by atoms with Crippen LogP contribution < -0.4 is 0 Å². The van der Waals surface area contributed by atoms with Gasteiger partial charge in [-0.1, -0.05) is 28.1 Å². The number of aromatic nitrogens is 1. The van der Waals surface area contributed by atoms with Gasteiger partial charge in [0, 0.05) is 16.9 Å². The summed E-state index contributed by atoms with van der Waals surface area (Å²) in [6.07, 6.45) is 3.50. The molecule has 16 heavy (non-hydrogen) atoms. The Morgan fingerprint density at radius 1 is 1.12 bits per heavy atom. The molecule has 0 fully saturated rings. The number of hydrogen-bond acceptors (Lipinski definition) is 2. The van der Waals surface area contributed by atoms with Gasteiger partial charge >= 0.3 is 5.97 Å². The molecule has 0 saturated heterocycles. The number of benzene rings is 1. The van der Waals surface area contributed by atoms with Gasteiger partial charge in [-0.2, -0.15) is 0 Å². The molecule has 2 rings (SSSR count). The van der Waals surface area contributed by atoms with Gasteiger partial charge in [0.2, 0.25) is 0 Å². The summed E-state index contributed by atoms with van der Waals surface area (Å²) in [5.41, 5.74) is 0.300. The van der Waals surface area contributed by atoms with Gasteiger partial charge < -0.3 is 5.11 Å². The zero-order chi connectivity index (χ0) is 11.8. The lowest BCUT2D eigenvalue weighted by atomic mass is 10.2. The van der Waals surface area contributed by atoms with Gasteiger partial charge in [-0.25, -0.2) is 4.79 Å². The van der Waals surface area contributed by atoms with Crippen LogP contribution in [-0.2, 0) is 0 Å². The molecule has 1 N–H and O–H groups in total. The first kappa shape index (κ1) is 12.4. The van der Waals surface area contributed by atoms with Crippen LogP contribution >= 0.6 is 15.9 Å². The molecule has 4 heteroatoms. The van der Waals surface area contributed by atoms with Crippen LogP contribution in [0.25, 0.3) is 0 Å². The largest absolute Gasteiger partial charge is 0.478 e. The van der Waals surface area contributed by atoms with Crippen molar-refractivity contribution in [2.45, 2.75) is 0 Å². The number of aromatic carboxylic acids is 1. The van der Waals surface area contributed by atoms with Crippen molar-refractivity contribution in [1.29, 1.82) is 0 Å². The third kappa shape index (κ3) is 4.70. The molecule has 1 aromatic heterocycles. The minimum Gasteiger partial charge on any atom is -0.478 e. The highest BCUT2D eigenvalue weighted by Gasteiger charge is 1.99. The third-order valence-corrected chi connectivity index (χ3v) is 2.13. The Morgan fingerprint density at radius 2 is 1.81 bits per heavy atom. The maximum absolute atomic E-state index is 10.3. The van der Waals surface area contributed by atoms with Gasteiger partial charge in [-0.05, 0) is 30.3 Å². The van der Waals surface area contributed by atoms with Crippen molar-refractivity contribution in [3.05, 3.63) is 64.9 Å². The van der Waals surface area contributed by atoms with E-state index in [1.807, 2.05) is 18.2 Å². The highest BCUT2D eigenvalue weighted by Crippen LogP contribution is 2.10. The van der Waals surface area contributed by atoms with Gasteiger partial charge in [0.15, 0.2) is 0 Å². The van der Waals surface area contributed by atoms with Crippen LogP contribution in [-0.4, -0.2) is 16.1 Å². The minimum atomic E-state index is -0.902. The molecule has 0 aliphatic carbocycles. The Bertz CT molecular complexity index is 419. The number of pyridine rings is 1. The van der Waals surface area contributed by atoms with Gasteiger partial charge in [0.1, 0.15) is 0 Å². The topological polar surface area (TPSA) is 50.2 Å². The fraction of sp³-hybridized carbons (Fsp3) is 0. The van der Waals surface area contributed by atoms with Crippen molar-refractivity contribution in [3.8, 4) is 0 Å². The number of rotatable bonds is 1. The van der Waals surface area contributed by atoms with E-state index in [4.69, 9.17) is 5.11 Å². The molecule has 0 amide bonds. The van der Waals surface area contributed by atoms with E-state index in [1.165, 1.54) is 0 Å². The number of carboxylic acids is 1. The Labute approximate surface area is 102 Å². The Kier molecular flexibility index (Phi) is 5.22. The summed E-state index contributed by atoms with van der Waals surface area (Å²) in [4.78, 5) is 14.1. The van der Waals surface area contributed by atoms with Crippen LogP contribution in [0.4, 0.5) is 0 Å². The van der Waals surface area contributed by atoms with Gasteiger partial charge in [0.25, 0.3) is 0 Å². The van der Waals surface area contributed by atoms with E-state index < -0.39 is 5.97 Å². The standard InChI is InChI=1S/C7H5BrO2.C5H5N/c8-6-3-1-2-5(4-6)7(9)10;1-2-4-6-5-3-1/h1-4H,(H,9,10);1-5H. The van der Waals surface area contributed by atoms with Crippen molar-refractivity contribution in [3.63, 3.8) is 0 Å². The molecule has 0 unspecified atom stereocenters. The van der Waals surface area contributed by atoms with E-state index in [0.717, 1.165) is 4.47 Å². The second kappa shape index (κ2) is 6.74. The molecule has 82 valence electrons. The van der Waals surface area contributed by atoms with Crippen LogP contribution in [0.15, 0.2) is 59.3 Å². The molecule has 0 bridgehead atoms. The molecule has 1 heterocycles. The molecule has 0 saturated carbocycles. The van der Waals surface area contributed by atoms with E-state index in [2.05, 4.69) is 20.9 Å². The van der Waals surface area contributed by atoms with E-state index in [1.54, 1.807) is 36.7 Å². The Hall–Kier alpha value is -1.68. The maximum atomic E-state index is 10.3. The summed E-state index contributed by atoms with van der Waals surface area (Å²) in [5, 5.41) is 8.49. The first-order chi connectivity index (χ1) is 7.70. The van der Waals surface area contributed by atoms with Gasteiger partial charge in [-0.3, -0.25) is 4.98 Å². The summed E-state index contributed by atoms with van der Waals surface area (Å²) in [6.45, 7) is 0. The predicted octanol–water partition coefficient (Wildman–Crippen LogP) is 3.23. The summed E-state index contributed by atoms with van der Waals surface area (Å²) in [5.74, 6) is -0.902. The summed E-state index contributed by atoms with van der Waals surface area (Å²) < 4.78 is 0.785. The minimum absolute atomic E-state index is 0.300. The molecular weight excluding hydrogens is 270 g/mol. The highest BCUT2D eigenvalue weighted by atomic mass is 79.9. The number of carboxylic acid groups (broad SMARTS) is 1. The lowest BCUT2D eigenvalue weighted by Gasteiger charge is -1.92. The lowest BCUT2D eigenvalue weighted by molar-refractivity contribution is 0.0697. The average Bonchev–Trinajstić information content (AvgIpc) is 2.32. The van der Waals surface area contributed by atoms with Gasteiger partial charge in [0.05, 0.1) is 5.56 Å². The third-order valence-electron chi connectivity index (χ3n) is 1.64. The Morgan fingerprint density at radius 3 is 2.12 bits per heavy atom. The first-order valence-corrected chi connectivity index (χ1v) is 5.33. The first-order valence-electron chi connectivity index (χ1n) is 4.54. The monoisotopic (exact) mass is 279 g/mol. The fourth-order valence-electron chi connectivity index (χ4n) is 0.934. The predicted molar refractivity (Wildman–Crippen MR) is 65.3 cm³/mol. The lowest BCUT2D eigenvalue weighted by Crippen LogP contribution is -1.94. The number of nitrogens with zero attached hydrogens (tertiary/aromatic N) is 1. The zero-order valence-electron chi connectivity index (χ0n) is 8.38. The second-order valence-electron chi connectivity index (χ2n) is 2.84. The van der Waals surface area contributed by atoms with Crippen molar-refractivity contribution >= 4 is 21.9 Å². The molecule has 0 aliphatic heterocycles. The number of hydrogen-bond donors (Lipinski definition) is 1. The molecule has 0 atom stereocenters. The molecular formula is C12H10BrNO2. The summed E-state index contributed by atoms with van der Waals surface area (Å²) in [7, 11) is 0. The highest BCUT2D eigenvalue weighted by molar-refractivity contribution is 9.10. The normalized spacial score (nSPS) is 8.81. The van der Waals surface area contributed by atoms with E-state index >= 15 is 0 Å². The quantitative estimate of drug-likeness (QED) is 0.872. The van der Waals surface area contributed by atoms with E-state index in [-0.39, 0.29) is 0 Å². The molecule has 3 nitrogen and oxygen atoms in total. The smallest absolute Gasteiger partial charge is 0.335 e. The van der Waals surface area contributed by atoms with Crippen molar-refractivity contribution in [2.75, 3.05) is 0 Å². The molecule has 1 aromatic carbocycles. The van der Waals surface area contributed by atoms with Crippen LogP contribution in [0, 0.1) is 0 Å². The van der Waals surface area contributed by atoms with E-state index in [0.29, 0.717) is 5.56 Å². The number of halogens is 1. The van der Waals surface area contributed by atoms with Crippen molar-refractivity contribution in [2.24, 2.45) is 0 Å². The fourth-order valence-corrected chi connectivity index (χ4v) is 1.33. The van der Waals surface area contributed by atoms with Crippen molar-refractivity contribution < 1.29 is 9.90 Å². The Balaban J connectivity index is 0.000000181. The summed E-state index contributed by atoms with van der Waals surface area (Å²) >= 11 is 3.17. The van der Waals surface area contributed by atoms with Crippen LogP contribution in [0.1, 0.15) is 10.4 Å².